The Labute approximate surface area is 199 Å². The Bertz CT molecular complexity index is 1460. The number of hydrogen-bond acceptors (Lipinski definition) is 8. The standard InChI is InChI=1S/C24H20ClN5O4/c1-32-20-13(25)4-3-5-14(20)28-19-16-21(24(7-8-24)11-34-22(16)31)29-18(19)12-6-9-26-15-10-27-23(33-2)30-17(12)15/h3-6,9-10,28-29H,7-8,11H2,1-2H3. The van der Waals surface area contributed by atoms with Crippen LogP contribution in [0.15, 0.2) is 36.7 Å². The fourth-order valence-corrected chi connectivity index (χ4v) is 4.75. The molecule has 1 aromatic carbocycles. The van der Waals surface area contributed by atoms with E-state index in [4.69, 9.17) is 25.8 Å². The molecular formula is C24H20ClN5O4. The van der Waals surface area contributed by atoms with Crippen molar-refractivity contribution in [1.29, 1.82) is 0 Å². The lowest BCUT2D eigenvalue weighted by atomic mass is 9.96. The Morgan fingerprint density at radius 2 is 2.03 bits per heavy atom. The van der Waals surface area contributed by atoms with Gasteiger partial charge in [-0.2, -0.15) is 4.98 Å². The summed E-state index contributed by atoms with van der Waals surface area (Å²) in [5, 5.41) is 3.84. The molecule has 0 unspecified atom stereocenters. The average molecular weight is 478 g/mol. The molecule has 1 saturated carbocycles. The van der Waals surface area contributed by atoms with Crippen LogP contribution >= 0.6 is 11.6 Å². The normalized spacial score (nSPS) is 15.7. The van der Waals surface area contributed by atoms with E-state index in [1.807, 2.05) is 18.2 Å². The van der Waals surface area contributed by atoms with Gasteiger partial charge in [-0.25, -0.2) is 9.78 Å². The summed E-state index contributed by atoms with van der Waals surface area (Å²) in [6, 6.07) is 7.46. The SMILES string of the molecule is COc1ncc2nccc(-c3[nH]c4c(c3Nc3cccc(Cl)c3OC)C(=O)OCC43CC3)c2n1. The van der Waals surface area contributed by atoms with Gasteiger partial charge >= 0.3 is 12.0 Å². The molecule has 34 heavy (non-hydrogen) atoms. The van der Waals surface area contributed by atoms with Gasteiger partial charge in [0.15, 0.2) is 5.75 Å². The molecular weight excluding hydrogens is 458 g/mol. The molecule has 1 spiro atoms. The number of aromatic nitrogens is 4. The molecule has 172 valence electrons. The van der Waals surface area contributed by atoms with Crippen LogP contribution in [0.2, 0.25) is 5.02 Å². The van der Waals surface area contributed by atoms with Crippen LogP contribution in [0.1, 0.15) is 28.9 Å². The third-order valence-corrected chi connectivity index (χ3v) is 6.71. The number of methoxy groups -OCH3 is 2. The quantitative estimate of drug-likeness (QED) is 0.400. The number of rotatable bonds is 5. The monoisotopic (exact) mass is 477 g/mol. The van der Waals surface area contributed by atoms with Gasteiger partial charge in [0, 0.05) is 22.9 Å². The van der Waals surface area contributed by atoms with Gasteiger partial charge < -0.3 is 24.5 Å². The van der Waals surface area contributed by atoms with Crippen molar-refractivity contribution in [3.8, 4) is 23.0 Å². The Morgan fingerprint density at radius 1 is 1.18 bits per heavy atom. The zero-order chi connectivity index (χ0) is 23.4. The van der Waals surface area contributed by atoms with Crippen molar-refractivity contribution in [2.45, 2.75) is 18.3 Å². The Balaban J connectivity index is 1.62. The van der Waals surface area contributed by atoms with Crippen LogP contribution in [-0.4, -0.2) is 46.7 Å². The van der Waals surface area contributed by atoms with E-state index in [0.717, 1.165) is 24.1 Å². The molecule has 2 N–H and O–H groups in total. The highest BCUT2D eigenvalue weighted by Crippen LogP contribution is 2.55. The van der Waals surface area contributed by atoms with E-state index in [2.05, 4.69) is 25.3 Å². The number of H-pyrrole nitrogens is 1. The van der Waals surface area contributed by atoms with Gasteiger partial charge in [-0.1, -0.05) is 17.7 Å². The lowest BCUT2D eigenvalue weighted by Crippen LogP contribution is -2.27. The highest BCUT2D eigenvalue weighted by molar-refractivity contribution is 6.32. The second-order valence-electron chi connectivity index (χ2n) is 8.38. The van der Waals surface area contributed by atoms with E-state index in [0.29, 0.717) is 51.0 Å². The number of nitrogens with one attached hydrogen (secondary N) is 2. The lowest BCUT2D eigenvalue weighted by Gasteiger charge is -2.22. The van der Waals surface area contributed by atoms with Gasteiger partial charge in [0.1, 0.15) is 23.2 Å². The molecule has 0 amide bonds. The molecule has 3 aromatic heterocycles. The second kappa shape index (κ2) is 7.59. The van der Waals surface area contributed by atoms with Crippen LogP contribution in [0.5, 0.6) is 11.8 Å². The third-order valence-electron chi connectivity index (χ3n) is 6.41. The molecule has 0 atom stereocenters. The number of carbonyl (C=O) groups excluding carboxylic acids is 1. The number of cyclic esters (lactones) is 1. The van der Waals surface area contributed by atoms with Crippen LogP contribution in [0.25, 0.3) is 22.3 Å². The third kappa shape index (κ3) is 3.07. The number of fused-ring (bicyclic) bond motifs is 3. The highest BCUT2D eigenvalue weighted by Gasteiger charge is 2.53. The first-order valence-corrected chi connectivity index (χ1v) is 11.1. The fraction of sp³-hybridized carbons (Fsp3) is 0.250. The van der Waals surface area contributed by atoms with E-state index in [-0.39, 0.29) is 17.4 Å². The first-order chi connectivity index (χ1) is 16.5. The van der Waals surface area contributed by atoms with Gasteiger partial charge in [-0.3, -0.25) is 4.98 Å². The number of hydrogen-bond donors (Lipinski definition) is 2. The summed E-state index contributed by atoms with van der Waals surface area (Å²) in [4.78, 5) is 29.7. The number of ether oxygens (including phenoxy) is 3. The van der Waals surface area contributed by atoms with Crippen molar-refractivity contribution in [2.75, 3.05) is 26.1 Å². The van der Waals surface area contributed by atoms with Crippen LogP contribution in [0.3, 0.4) is 0 Å². The number of aromatic amines is 1. The Kier molecular flexibility index (Phi) is 4.63. The highest BCUT2D eigenvalue weighted by atomic mass is 35.5. The summed E-state index contributed by atoms with van der Waals surface area (Å²) in [5.41, 5.74) is 4.96. The minimum absolute atomic E-state index is 0.189. The maximum absolute atomic E-state index is 13.0. The number of nitrogens with zero attached hydrogens (tertiary/aromatic N) is 3. The molecule has 0 saturated heterocycles. The van der Waals surface area contributed by atoms with E-state index in [1.165, 1.54) is 7.11 Å². The van der Waals surface area contributed by atoms with E-state index in [9.17, 15) is 4.79 Å². The summed E-state index contributed by atoms with van der Waals surface area (Å²) >= 11 is 6.36. The average Bonchev–Trinajstić information content (AvgIpc) is 3.54. The van der Waals surface area contributed by atoms with Gasteiger partial charge in [0.25, 0.3) is 0 Å². The number of carbonyl (C=O) groups is 1. The molecule has 10 heteroatoms. The van der Waals surface area contributed by atoms with Crippen molar-refractivity contribution in [2.24, 2.45) is 0 Å². The van der Waals surface area contributed by atoms with E-state index in [1.54, 1.807) is 25.6 Å². The number of pyridine rings is 1. The first-order valence-electron chi connectivity index (χ1n) is 10.7. The van der Waals surface area contributed by atoms with Crippen LogP contribution in [0.4, 0.5) is 11.4 Å². The molecule has 1 aliphatic carbocycles. The van der Waals surface area contributed by atoms with Crippen LogP contribution in [0, 0.1) is 0 Å². The molecule has 1 aliphatic heterocycles. The predicted molar refractivity (Wildman–Crippen MR) is 126 cm³/mol. The zero-order valence-electron chi connectivity index (χ0n) is 18.4. The Morgan fingerprint density at radius 3 is 2.79 bits per heavy atom. The largest absolute Gasteiger partial charge is 0.493 e. The number of anilines is 2. The Hall–Kier alpha value is -3.85. The van der Waals surface area contributed by atoms with Crippen LogP contribution in [-0.2, 0) is 10.2 Å². The molecule has 1 fully saturated rings. The minimum atomic E-state index is -0.385. The molecule has 0 radical (unpaired) electrons. The zero-order valence-corrected chi connectivity index (χ0v) is 19.2. The molecule has 6 rings (SSSR count). The second-order valence-corrected chi connectivity index (χ2v) is 8.78. The summed E-state index contributed by atoms with van der Waals surface area (Å²) in [6.45, 7) is 0.367. The molecule has 2 aliphatic rings. The van der Waals surface area contributed by atoms with E-state index >= 15 is 0 Å². The fourth-order valence-electron chi connectivity index (χ4n) is 4.49. The summed E-state index contributed by atoms with van der Waals surface area (Å²) in [7, 11) is 3.06. The van der Waals surface area contributed by atoms with E-state index < -0.39 is 0 Å². The molecule has 4 aromatic rings. The molecule has 4 heterocycles. The van der Waals surface area contributed by atoms with Crippen molar-refractivity contribution in [3.05, 3.63) is 52.9 Å². The lowest BCUT2D eigenvalue weighted by molar-refractivity contribution is 0.0422. The molecule has 0 bridgehead atoms. The number of esters is 1. The summed E-state index contributed by atoms with van der Waals surface area (Å²) in [6.07, 6.45) is 5.18. The van der Waals surface area contributed by atoms with Crippen molar-refractivity contribution in [3.63, 3.8) is 0 Å². The first kappa shape index (κ1) is 20.7. The van der Waals surface area contributed by atoms with Gasteiger partial charge in [0.2, 0.25) is 0 Å². The van der Waals surface area contributed by atoms with Crippen molar-refractivity contribution >= 4 is 40.0 Å². The van der Waals surface area contributed by atoms with Crippen LogP contribution < -0.4 is 14.8 Å². The smallest absolute Gasteiger partial charge is 0.342 e. The number of halogens is 1. The van der Waals surface area contributed by atoms with Crippen molar-refractivity contribution in [1.82, 2.24) is 19.9 Å². The van der Waals surface area contributed by atoms with Gasteiger partial charge in [-0.05, 0) is 31.0 Å². The number of benzene rings is 1. The van der Waals surface area contributed by atoms with Crippen molar-refractivity contribution < 1.29 is 19.0 Å². The summed E-state index contributed by atoms with van der Waals surface area (Å²) < 4.78 is 16.4. The molecule has 9 nitrogen and oxygen atoms in total. The maximum Gasteiger partial charge on any atom is 0.342 e. The predicted octanol–water partition coefficient (Wildman–Crippen LogP) is 4.64. The number of para-hydroxylation sites is 1. The van der Waals surface area contributed by atoms with Gasteiger partial charge in [-0.15, -0.1) is 0 Å². The minimum Gasteiger partial charge on any atom is -0.493 e. The summed E-state index contributed by atoms with van der Waals surface area (Å²) in [5.74, 6) is 0.0862. The maximum atomic E-state index is 13.0. The topological polar surface area (TPSA) is 111 Å². The van der Waals surface area contributed by atoms with Gasteiger partial charge in [0.05, 0.1) is 42.5 Å².